The third-order valence-electron chi connectivity index (χ3n) is 4.44. The van der Waals surface area contributed by atoms with E-state index in [1.54, 1.807) is 4.90 Å². The Morgan fingerprint density at radius 2 is 2.21 bits per heavy atom. The number of piperidine rings is 1. The molecule has 0 aliphatic carbocycles. The Morgan fingerprint density at radius 3 is 2.88 bits per heavy atom. The third-order valence-corrected chi connectivity index (χ3v) is 5.35. The molecule has 3 heterocycles. The summed E-state index contributed by atoms with van der Waals surface area (Å²) in [5.41, 5.74) is 6.12. The number of likely N-dealkylation sites (tertiary alicyclic amines) is 1. The fourth-order valence-electron chi connectivity index (χ4n) is 2.99. The van der Waals surface area contributed by atoms with Gasteiger partial charge in [-0.3, -0.25) is 9.59 Å². The molecule has 1 aliphatic heterocycles. The van der Waals surface area contributed by atoms with E-state index >= 15 is 0 Å². The molecule has 128 valence electrons. The second-order valence-corrected chi connectivity index (χ2v) is 7.16. The third kappa shape index (κ3) is 3.51. The lowest BCUT2D eigenvalue weighted by Crippen LogP contribution is -2.49. The summed E-state index contributed by atoms with van der Waals surface area (Å²) in [5.74, 6) is 0.959. The van der Waals surface area contributed by atoms with Crippen molar-refractivity contribution in [3.63, 3.8) is 0 Å². The van der Waals surface area contributed by atoms with Crippen molar-refractivity contribution in [3.8, 4) is 10.8 Å². The normalized spacial score (nSPS) is 21.0. The molecule has 0 saturated carbocycles. The predicted octanol–water partition coefficient (Wildman–Crippen LogP) is 2.37. The largest absolute Gasteiger partial charge is 0.459 e. The molecule has 1 fully saturated rings. The summed E-state index contributed by atoms with van der Waals surface area (Å²) in [7, 11) is 0. The Bertz CT molecular complexity index is 752. The average Bonchev–Trinajstić information content (AvgIpc) is 3.16. The number of primary amides is 1. The number of carbonyl (C=O) groups is 2. The molecule has 0 spiro atoms. The van der Waals surface area contributed by atoms with Gasteiger partial charge in [-0.2, -0.15) is 0 Å². The Hall–Kier alpha value is -2.15. The maximum Gasteiger partial charge on any atom is 0.228 e. The lowest BCUT2D eigenvalue weighted by molar-refractivity contribution is -0.137. The van der Waals surface area contributed by atoms with E-state index in [1.807, 2.05) is 31.4 Å². The van der Waals surface area contributed by atoms with Crippen LogP contribution in [0.5, 0.6) is 0 Å². The van der Waals surface area contributed by atoms with Gasteiger partial charge in [0.1, 0.15) is 5.76 Å². The lowest BCUT2D eigenvalue weighted by atomic mass is 9.92. The summed E-state index contributed by atoms with van der Waals surface area (Å²) in [4.78, 5) is 30.3. The monoisotopic (exact) mass is 347 g/mol. The van der Waals surface area contributed by atoms with Crippen LogP contribution < -0.4 is 5.73 Å². The van der Waals surface area contributed by atoms with Gasteiger partial charge in [-0.05, 0) is 38.8 Å². The fraction of sp³-hybridized carbons (Fsp3) is 0.471. The minimum absolute atomic E-state index is 0.0130. The highest BCUT2D eigenvalue weighted by molar-refractivity contribution is 7.13. The SMILES string of the molecule is Cc1ccc(-c2nc(CC(=O)N3C[C@@H](C(N)=O)CC[C@H]3C)cs2)o1. The summed E-state index contributed by atoms with van der Waals surface area (Å²) in [6.45, 7) is 4.30. The molecule has 0 radical (unpaired) electrons. The maximum atomic E-state index is 12.6. The molecule has 2 aromatic rings. The Balaban J connectivity index is 1.68. The Kier molecular flexibility index (Phi) is 4.71. The molecular weight excluding hydrogens is 326 g/mol. The van der Waals surface area contributed by atoms with E-state index in [0.29, 0.717) is 6.54 Å². The molecule has 2 aromatic heterocycles. The fourth-order valence-corrected chi connectivity index (χ4v) is 3.77. The molecule has 0 unspecified atom stereocenters. The van der Waals surface area contributed by atoms with Gasteiger partial charge in [0.25, 0.3) is 0 Å². The number of hydrogen-bond acceptors (Lipinski definition) is 5. The van der Waals surface area contributed by atoms with Gasteiger partial charge in [-0.15, -0.1) is 11.3 Å². The summed E-state index contributed by atoms with van der Waals surface area (Å²) in [5, 5.41) is 2.65. The number of aryl methyl sites for hydroxylation is 1. The van der Waals surface area contributed by atoms with Crippen LogP contribution in [0.25, 0.3) is 10.8 Å². The molecule has 2 atom stereocenters. The number of amides is 2. The number of furan rings is 1. The van der Waals surface area contributed by atoms with Crippen molar-refractivity contribution in [2.45, 2.75) is 39.2 Å². The number of carbonyl (C=O) groups excluding carboxylic acids is 2. The summed E-state index contributed by atoms with van der Waals surface area (Å²) in [6, 6.07) is 3.89. The van der Waals surface area contributed by atoms with Crippen LogP contribution in [-0.4, -0.2) is 34.3 Å². The van der Waals surface area contributed by atoms with Gasteiger partial charge in [0.05, 0.1) is 18.0 Å². The highest BCUT2D eigenvalue weighted by Gasteiger charge is 2.31. The van der Waals surface area contributed by atoms with E-state index in [2.05, 4.69) is 4.98 Å². The van der Waals surface area contributed by atoms with Gasteiger partial charge in [0, 0.05) is 18.0 Å². The smallest absolute Gasteiger partial charge is 0.228 e. The lowest BCUT2D eigenvalue weighted by Gasteiger charge is -2.36. The first-order chi connectivity index (χ1) is 11.4. The second kappa shape index (κ2) is 6.76. The highest BCUT2D eigenvalue weighted by atomic mass is 32.1. The summed E-state index contributed by atoms with van der Waals surface area (Å²) in [6.07, 6.45) is 1.78. The van der Waals surface area contributed by atoms with Gasteiger partial charge in [0.15, 0.2) is 10.8 Å². The Labute approximate surface area is 144 Å². The Morgan fingerprint density at radius 1 is 1.42 bits per heavy atom. The predicted molar refractivity (Wildman–Crippen MR) is 91.4 cm³/mol. The zero-order valence-electron chi connectivity index (χ0n) is 13.8. The van der Waals surface area contributed by atoms with Gasteiger partial charge < -0.3 is 15.1 Å². The molecule has 2 N–H and O–H groups in total. The number of hydrogen-bond donors (Lipinski definition) is 1. The minimum Gasteiger partial charge on any atom is -0.459 e. The first kappa shape index (κ1) is 16.7. The number of nitrogens with two attached hydrogens (primary N) is 1. The molecule has 2 amide bonds. The zero-order chi connectivity index (χ0) is 17.3. The quantitative estimate of drug-likeness (QED) is 0.919. The second-order valence-electron chi connectivity index (χ2n) is 6.30. The number of thiazole rings is 1. The van der Waals surface area contributed by atoms with E-state index in [1.165, 1.54) is 11.3 Å². The average molecular weight is 347 g/mol. The summed E-state index contributed by atoms with van der Waals surface area (Å²) < 4.78 is 5.56. The molecule has 6 nitrogen and oxygen atoms in total. The minimum atomic E-state index is -0.330. The van der Waals surface area contributed by atoms with Crippen molar-refractivity contribution in [1.82, 2.24) is 9.88 Å². The van der Waals surface area contributed by atoms with Gasteiger partial charge in [0.2, 0.25) is 11.8 Å². The molecule has 0 bridgehead atoms. The van der Waals surface area contributed by atoms with Gasteiger partial charge in [-0.25, -0.2) is 4.98 Å². The van der Waals surface area contributed by atoms with Crippen molar-refractivity contribution in [3.05, 3.63) is 29.0 Å². The van der Waals surface area contributed by atoms with E-state index in [0.717, 1.165) is 35.1 Å². The van der Waals surface area contributed by atoms with E-state index in [9.17, 15) is 9.59 Å². The van der Waals surface area contributed by atoms with Crippen LogP contribution in [0.4, 0.5) is 0 Å². The number of rotatable bonds is 4. The first-order valence-electron chi connectivity index (χ1n) is 8.04. The number of nitrogens with zero attached hydrogens (tertiary/aromatic N) is 2. The van der Waals surface area contributed by atoms with Crippen LogP contribution in [0.15, 0.2) is 21.9 Å². The molecule has 1 saturated heterocycles. The van der Waals surface area contributed by atoms with Crippen molar-refractivity contribution in [2.24, 2.45) is 11.7 Å². The van der Waals surface area contributed by atoms with Gasteiger partial charge in [-0.1, -0.05) is 0 Å². The topological polar surface area (TPSA) is 89.4 Å². The van der Waals surface area contributed by atoms with Crippen LogP contribution in [0.3, 0.4) is 0 Å². The molecule has 7 heteroatoms. The van der Waals surface area contributed by atoms with Crippen LogP contribution in [0.1, 0.15) is 31.2 Å². The number of aromatic nitrogens is 1. The molecular formula is C17H21N3O3S. The maximum absolute atomic E-state index is 12.6. The molecule has 1 aliphatic rings. The first-order valence-corrected chi connectivity index (χ1v) is 8.92. The van der Waals surface area contributed by atoms with Crippen molar-refractivity contribution < 1.29 is 14.0 Å². The van der Waals surface area contributed by atoms with E-state index in [4.69, 9.17) is 10.2 Å². The molecule has 3 rings (SSSR count). The van der Waals surface area contributed by atoms with Gasteiger partial charge >= 0.3 is 0 Å². The zero-order valence-corrected chi connectivity index (χ0v) is 14.6. The van der Waals surface area contributed by atoms with E-state index < -0.39 is 0 Å². The van der Waals surface area contributed by atoms with Crippen LogP contribution in [0, 0.1) is 12.8 Å². The van der Waals surface area contributed by atoms with Crippen LogP contribution >= 0.6 is 11.3 Å². The molecule has 0 aromatic carbocycles. The van der Waals surface area contributed by atoms with Crippen molar-refractivity contribution in [2.75, 3.05) is 6.54 Å². The highest BCUT2D eigenvalue weighted by Crippen LogP contribution is 2.27. The molecule has 24 heavy (non-hydrogen) atoms. The standard InChI is InChI=1S/C17H21N3O3S/c1-10-3-5-12(16(18)22)8-20(10)15(21)7-13-9-24-17(19-13)14-6-4-11(2)23-14/h4,6,9-10,12H,3,5,7-8H2,1-2H3,(H2,18,22)/t10-,12+/m1/s1. The van der Waals surface area contributed by atoms with Crippen LogP contribution in [0.2, 0.25) is 0 Å². The van der Waals surface area contributed by atoms with Crippen molar-refractivity contribution >= 4 is 23.2 Å². The van der Waals surface area contributed by atoms with Crippen LogP contribution in [-0.2, 0) is 16.0 Å². The van der Waals surface area contributed by atoms with E-state index in [-0.39, 0.29) is 30.2 Å². The van der Waals surface area contributed by atoms with Crippen molar-refractivity contribution in [1.29, 1.82) is 0 Å². The summed E-state index contributed by atoms with van der Waals surface area (Å²) >= 11 is 1.46.